The van der Waals surface area contributed by atoms with Crippen LogP contribution in [0.4, 0.5) is 0 Å². The van der Waals surface area contributed by atoms with Gasteiger partial charge in [0, 0.05) is 5.92 Å². The third-order valence-corrected chi connectivity index (χ3v) is 10.5. The Bertz CT molecular complexity index is 802. The first-order valence-electron chi connectivity index (χ1n) is 11.9. The molecule has 0 aliphatic heterocycles. The molecule has 1 spiro atoms. The van der Waals surface area contributed by atoms with Gasteiger partial charge in [-0.05, 0) is 81.3 Å². The van der Waals surface area contributed by atoms with Gasteiger partial charge < -0.3 is 13.9 Å². The lowest BCUT2D eigenvalue weighted by Gasteiger charge is -2.51. The molecular weight excluding hydrogens is 408 g/mol. The molecule has 0 saturated heterocycles. The summed E-state index contributed by atoms with van der Waals surface area (Å²) >= 11 is 0. The van der Waals surface area contributed by atoms with E-state index < -0.39 is 13.7 Å². The zero-order valence-electron chi connectivity index (χ0n) is 20.4. The molecule has 0 N–H and O–H groups in total. The predicted octanol–water partition coefficient (Wildman–Crippen LogP) is 4.97. The highest BCUT2D eigenvalue weighted by Crippen LogP contribution is 2.78. The molecule has 2 bridgehead atoms. The van der Waals surface area contributed by atoms with Crippen LogP contribution in [-0.4, -0.2) is 40.6 Å². The Morgan fingerprint density at radius 3 is 2.35 bits per heavy atom. The molecule has 0 radical (unpaired) electrons. The topological polar surface area (TPSA) is 61.8 Å². The van der Waals surface area contributed by atoms with Crippen molar-refractivity contribution in [2.24, 2.45) is 39.9 Å². The molecule has 0 aromatic carbocycles. The second-order valence-corrected chi connectivity index (χ2v) is 16.6. The van der Waals surface area contributed by atoms with Crippen LogP contribution in [-0.2, 0) is 23.5 Å². The number of hydrogen-bond donors (Lipinski definition) is 0. The van der Waals surface area contributed by atoms with Crippen LogP contribution in [0.5, 0.6) is 0 Å². The number of ether oxygens (including phenoxy) is 2. The van der Waals surface area contributed by atoms with Crippen LogP contribution in [0.15, 0.2) is 12.2 Å². The lowest BCUT2D eigenvalue weighted by Crippen LogP contribution is -2.51. The van der Waals surface area contributed by atoms with E-state index in [1.54, 1.807) is 0 Å². The van der Waals surface area contributed by atoms with Crippen molar-refractivity contribution >= 4 is 20.3 Å². The fourth-order valence-corrected chi connectivity index (χ4v) is 9.91. The third-order valence-electron chi connectivity index (χ3n) is 9.46. The number of esters is 2. The first kappa shape index (κ1) is 23.0. The molecule has 174 valence electrons. The Morgan fingerprint density at radius 2 is 1.77 bits per heavy atom. The van der Waals surface area contributed by atoms with E-state index in [0.29, 0.717) is 11.8 Å². The summed E-state index contributed by atoms with van der Waals surface area (Å²) in [7, 11) is 1.23. The minimum Gasteiger partial charge on any atom is -0.469 e. The van der Waals surface area contributed by atoms with Crippen molar-refractivity contribution in [3.63, 3.8) is 0 Å². The molecule has 5 nitrogen and oxygen atoms in total. The van der Waals surface area contributed by atoms with Gasteiger partial charge in [0.15, 0.2) is 8.32 Å². The molecule has 31 heavy (non-hydrogen) atoms. The van der Waals surface area contributed by atoms with Gasteiger partial charge in [0.05, 0.1) is 31.7 Å². The summed E-state index contributed by atoms with van der Waals surface area (Å²) in [6, 6.07) is 0. The molecule has 0 heterocycles. The van der Waals surface area contributed by atoms with Crippen LogP contribution < -0.4 is 0 Å². The molecule has 6 heteroatoms. The van der Waals surface area contributed by atoms with Crippen LogP contribution >= 0.6 is 0 Å². The van der Waals surface area contributed by atoms with E-state index in [1.807, 2.05) is 6.92 Å². The molecule has 1 unspecified atom stereocenters. The average Bonchev–Trinajstić information content (AvgIpc) is 3.09. The van der Waals surface area contributed by atoms with E-state index in [1.165, 1.54) is 19.8 Å². The minimum absolute atomic E-state index is 0.0872. The first-order chi connectivity index (χ1) is 14.3. The van der Waals surface area contributed by atoms with Crippen molar-refractivity contribution in [2.45, 2.75) is 78.1 Å². The van der Waals surface area contributed by atoms with Crippen molar-refractivity contribution in [1.29, 1.82) is 0 Å². The van der Waals surface area contributed by atoms with E-state index in [9.17, 15) is 9.59 Å². The molecule has 0 aromatic rings. The summed E-state index contributed by atoms with van der Waals surface area (Å²) in [5, 5.41) is 0. The molecule has 0 aromatic heterocycles. The Hall–Kier alpha value is -1.14. The van der Waals surface area contributed by atoms with Crippen molar-refractivity contribution < 1.29 is 23.5 Å². The number of carbonyl (C=O) groups is 2. The Kier molecular flexibility index (Phi) is 5.33. The summed E-state index contributed by atoms with van der Waals surface area (Å²) in [4.78, 5) is 26.6. The lowest BCUT2D eigenvalue weighted by molar-refractivity contribution is -0.170. The highest BCUT2D eigenvalue weighted by atomic mass is 28.4. The zero-order valence-corrected chi connectivity index (χ0v) is 21.4. The van der Waals surface area contributed by atoms with Gasteiger partial charge in [0.1, 0.15) is 0 Å². The van der Waals surface area contributed by atoms with Gasteiger partial charge in [-0.15, -0.1) is 0 Å². The molecular formula is C25H40O5Si. The highest BCUT2D eigenvalue weighted by Gasteiger charge is 2.76. The Balaban J connectivity index is 1.87. The van der Waals surface area contributed by atoms with E-state index in [2.05, 4.69) is 33.1 Å². The molecule has 0 amide bonds. The largest absolute Gasteiger partial charge is 0.469 e. The molecule has 4 aliphatic carbocycles. The first-order valence-corrected chi connectivity index (χ1v) is 15.3. The summed E-state index contributed by atoms with van der Waals surface area (Å²) in [5.41, 5.74) is 0.229. The van der Waals surface area contributed by atoms with Crippen molar-refractivity contribution in [2.75, 3.05) is 14.2 Å². The lowest BCUT2D eigenvalue weighted by atomic mass is 9.53. The summed E-state index contributed by atoms with van der Waals surface area (Å²) in [6.45, 7) is 15.6. The van der Waals surface area contributed by atoms with Crippen LogP contribution in [0.2, 0.25) is 19.6 Å². The van der Waals surface area contributed by atoms with Crippen molar-refractivity contribution in [3.05, 3.63) is 12.2 Å². The number of methoxy groups -OCH3 is 2. The van der Waals surface area contributed by atoms with Gasteiger partial charge in [-0.1, -0.05) is 25.5 Å². The van der Waals surface area contributed by atoms with E-state index in [-0.39, 0.29) is 40.7 Å². The number of carbonyl (C=O) groups excluding carboxylic acids is 2. The van der Waals surface area contributed by atoms with E-state index in [4.69, 9.17) is 13.9 Å². The quantitative estimate of drug-likeness (QED) is 0.345. The Labute approximate surface area is 188 Å². The van der Waals surface area contributed by atoms with Gasteiger partial charge in [-0.25, -0.2) is 0 Å². The molecule has 8 atom stereocenters. The van der Waals surface area contributed by atoms with Crippen LogP contribution in [0.25, 0.3) is 0 Å². The highest BCUT2D eigenvalue weighted by molar-refractivity contribution is 6.69. The zero-order chi connectivity index (χ0) is 23.0. The maximum atomic E-state index is 13.4. The number of hydrogen-bond acceptors (Lipinski definition) is 5. The molecule has 4 rings (SSSR count). The molecule has 4 fully saturated rings. The smallest absolute Gasteiger partial charge is 0.311 e. The van der Waals surface area contributed by atoms with Gasteiger partial charge in [-0.2, -0.15) is 0 Å². The fraction of sp³-hybridized carbons (Fsp3) is 0.840. The SMILES string of the molecule is C=C1C[C@@]23CC1[C@@H](O[Si](C)(C)C)C[C@@H]2[C@@]1(C)CCC[C@](C)(C(=O)OC)[C@@H]1[C@H]3C(=O)OC. The van der Waals surface area contributed by atoms with Gasteiger partial charge in [0.2, 0.25) is 0 Å². The summed E-state index contributed by atoms with van der Waals surface area (Å²) in [6.07, 6.45) is 5.65. The standard InChI is InChI=1S/C25H40O5Si/c1-15-13-25-14-16(15)17(30-31(6,7)8)12-18(25)23(2)10-9-11-24(3,22(27)29-5)20(23)19(25)21(26)28-4/h16-20H,1,9-14H2,2-8H3/t16?,17-,18+,19-,20+,23+,24-,25+/m0/s1. The van der Waals surface area contributed by atoms with Gasteiger partial charge in [-0.3, -0.25) is 9.59 Å². The second kappa shape index (κ2) is 7.18. The second-order valence-electron chi connectivity index (χ2n) is 12.2. The number of rotatable bonds is 4. The maximum absolute atomic E-state index is 13.4. The van der Waals surface area contributed by atoms with Gasteiger partial charge >= 0.3 is 11.9 Å². The fourth-order valence-electron chi connectivity index (χ4n) is 8.74. The summed E-state index contributed by atoms with van der Waals surface area (Å²) in [5.74, 6) is -0.120. The van der Waals surface area contributed by atoms with Crippen molar-refractivity contribution in [1.82, 2.24) is 0 Å². The van der Waals surface area contributed by atoms with E-state index in [0.717, 1.165) is 38.5 Å². The van der Waals surface area contributed by atoms with Crippen LogP contribution in [0, 0.1) is 39.9 Å². The number of fused-ring (bicyclic) bond motifs is 3. The maximum Gasteiger partial charge on any atom is 0.311 e. The van der Waals surface area contributed by atoms with Crippen LogP contribution in [0.1, 0.15) is 52.4 Å². The van der Waals surface area contributed by atoms with Crippen LogP contribution in [0.3, 0.4) is 0 Å². The van der Waals surface area contributed by atoms with E-state index >= 15 is 0 Å². The molecule has 4 aliphatic rings. The molecule has 4 saturated carbocycles. The van der Waals surface area contributed by atoms with Gasteiger partial charge in [0.25, 0.3) is 0 Å². The predicted molar refractivity (Wildman–Crippen MR) is 122 cm³/mol. The normalized spacial score (nSPS) is 46.3. The average molecular weight is 449 g/mol. The summed E-state index contributed by atoms with van der Waals surface area (Å²) < 4.78 is 17.5. The third kappa shape index (κ3) is 3.11. The Morgan fingerprint density at radius 1 is 1.10 bits per heavy atom. The monoisotopic (exact) mass is 448 g/mol. The van der Waals surface area contributed by atoms with Crippen molar-refractivity contribution in [3.8, 4) is 0 Å². The minimum atomic E-state index is -1.73.